The summed E-state index contributed by atoms with van der Waals surface area (Å²) in [6.45, 7) is 2.07. The molecule has 1 aromatic carbocycles. The molecule has 0 saturated heterocycles. The molecule has 0 unspecified atom stereocenters. The van der Waals surface area contributed by atoms with E-state index in [1.54, 1.807) is 6.20 Å². The number of aromatic nitrogens is 1. The average Bonchev–Trinajstić information content (AvgIpc) is 2.78. The molecule has 0 saturated carbocycles. The largest absolute Gasteiger partial charge is 0.478 e. The van der Waals surface area contributed by atoms with Crippen molar-refractivity contribution in [3.05, 3.63) is 48.2 Å². The third-order valence-corrected chi connectivity index (χ3v) is 2.77. The fraction of sp³-hybridized carbons (Fsp3) is 0.143. The van der Waals surface area contributed by atoms with Crippen LogP contribution in [0.5, 0.6) is 0 Å². The smallest absolute Gasteiger partial charge is 0.328 e. The molecule has 0 atom stereocenters. The van der Waals surface area contributed by atoms with Gasteiger partial charge in [-0.05, 0) is 30.2 Å². The number of rotatable bonds is 3. The molecular formula is C14H13NO3. The second-order valence-corrected chi connectivity index (χ2v) is 3.94. The highest BCUT2D eigenvalue weighted by Crippen LogP contribution is 2.18. The molecule has 4 heteroatoms. The summed E-state index contributed by atoms with van der Waals surface area (Å²) >= 11 is 0. The molecule has 1 aromatic heterocycles. The lowest BCUT2D eigenvalue weighted by Gasteiger charge is -2.01. The van der Waals surface area contributed by atoms with Crippen LogP contribution in [-0.4, -0.2) is 21.6 Å². The summed E-state index contributed by atoms with van der Waals surface area (Å²) in [4.78, 5) is 22.2. The first-order valence-electron chi connectivity index (χ1n) is 5.67. The summed E-state index contributed by atoms with van der Waals surface area (Å²) in [6, 6.07) is 7.72. The van der Waals surface area contributed by atoms with Gasteiger partial charge in [0, 0.05) is 23.7 Å². The molecule has 0 aliphatic heterocycles. The van der Waals surface area contributed by atoms with Crippen molar-refractivity contribution in [1.82, 2.24) is 4.57 Å². The van der Waals surface area contributed by atoms with Gasteiger partial charge in [-0.15, -0.1) is 0 Å². The van der Waals surface area contributed by atoms with E-state index >= 15 is 0 Å². The molecule has 2 aromatic rings. The quantitative estimate of drug-likeness (QED) is 0.842. The number of carbonyl (C=O) groups is 2. The topological polar surface area (TPSA) is 59.3 Å². The highest BCUT2D eigenvalue weighted by molar-refractivity contribution is 6.00. The maximum Gasteiger partial charge on any atom is 0.328 e. The van der Waals surface area contributed by atoms with Crippen molar-refractivity contribution in [3.63, 3.8) is 0 Å². The summed E-state index contributed by atoms with van der Waals surface area (Å²) in [7, 11) is 0. The minimum atomic E-state index is -1.13. The van der Waals surface area contributed by atoms with Crippen LogP contribution in [0, 0.1) is 0 Å². The maximum atomic E-state index is 11.8. The van der Waals surface area contributed by atoms with Crippen molar-refractivity contribution in [2.24, 2.45) is 0 Å². The van der Waals surface area contributed by atoms with E-state index in [4.69, 9.17) is 5.11 Å². The normalized spacial score (nSPS) is 11.2. The Morgan fingerprint density at radius 1 is 1.28 bits per heavy atom. The van der Waals surface area contributed by atoms with Crippen LogP contribution in [0.4, 0.5) is 0 Å². The highest BCUT2D eigenvalue weighted by Gasteiger charge is 2.06. The first-order chi connectivity index (χ1) is 8.61. The molecule has 2 rings (SSSR count). The van der Waals surface area contributed by atoms with Gasteiger partial charge in [0.1, 0.15) is 0 Å². The monoisotopic (exact) mass is 243 g/mol. The third-order valence-electron chi connectivity index (χ3n) is 2.77. The molecule has 92 valence electrons. The second-order valence-electron chi connectivity index (χ2n) is 3.94. The lowest BCUT2D eigenvalue weighted by molar-refractivity contribution is -0.131. The van der Waals surface area contributed by atoms with Crippen LogP contribution in [0.15, 0.2) is 42.6 Å². The molecule has 0 spiro atoms. The Bertz CT molecular complexity index is 638. The summed E-state index contributed by atoms with van der Waals surface area (Å²) in [5.74, 6) is -1.50. The van der Waals surface area contributed by atoms with Crippen molar-refractivity contribution in [1.29, 1.82) is 0 Å². The number of carboxylic acid groups (broad SMARTS) is 1. The fourth-order valence-electron chi connectivity index (χ4n) is 1.83. The number of carboxylic acids is 1. The summed E-state index contributed by atoms with van der Waals surface area (Å²) < 4.78 is 1.44. The lowest BCUT2D eigenvalue weighted by atomic mass is 10.1. The first kappa shape index (κ1) is 12.1. The van der Waals surface area contributed by atoms with Gasteiger partial charge in [-0.2, -0.15) is 0 Å². The number of hydrogen-bond donors (Lipinski definition) is 1. The van der Waals surface area contributed by atoms with Crippen LogP contribution in [-0.2, 0) is 11.2 Å². The van der Waals surface area contributed by atoms with E-state index in [1.165, 1.54) is 10.1 Å². The molecule has 1 heterocycles. The number of fused-ring (bicyclic) bond motifs is 1. The van der Waals surface area contributed by atoms with E-state index in [-0.39, 0.29) is 5.91 Å². The number of aliphatic carboxylic acids is 1. The van der Waals surface area contributed by atoms with Crippen LogP contribution in [0.25, 0.3) is 10.9 Å². The highest BCUT2D eigenvalue weighted by atomic mass is 16.4. The lowest BCUT2D eigenvalue weighted by Crippen LogP contribution is -2.06. The molecule has 18 heavy (non-hydrogen) atoms. The third kappa shape index (κ3) is 2.32. The standard InChI is InChI=1S/C14H13NO3/c1-2-10-3-4-12-11(9-10)7-8-15(12)13(16)5-6-14(17)18/h3-9H,2H2,1H3,(H,17,18)/b6-5+. The van der Waals surface area contributed by atoms with Gasteiger partial charge in [-0.1, -0.05) is 13.0 Å². The van der Waals surface area contributed by atoms with Crippen molar-refractivity contribution in [2.45, 2.75) is 13.3 Å². The zero-order valence-electron chi connectivity index (χ0n) is 9.96. The van der Waals surface area contributed by atoms with E-state index in [1.807, 2.05) is 24.3 Å². The van der Waals surface area contributed by atoms with Crippen LogP contribution in [0.3, 0.4) is 0 Å². The Labute approximate surface area is 104 Å². The molecule has 0 amide bonds. The predicted octanol–water partition coefficient (Wildman–Crippen LogP) is 2.48. The fourth-order valence-corrected chi connectivity index (χ4v) is 1.83. The number of nitrogens with zero attached hydrogens (tertiary/aromatic N) is 1. The molecular weight excluding hydrogens is 230 g/mol. The molecule has 0 aliphatic rings. The van der Waals surface area contributed by atoms with Gasteiger partial charge in [0.2, 0.25) is 0 Å². The molecule has 0 bridgehead atoms. The Hall–Kier alpha value is -2.36. The van der Waals surface area contributed by atoms with Crippen LogP contribution < -0.4 is 0 Å². The zero-order valence-corrected chi connectivity index (χ0v) is 9.96. The van der Waals surface area contributed by atoms with Crippen LogP contribution in [0.2, 0.25) is 0 Å². The van der Waals surface area contributed by atoms with E-state index < -0.39 is 5.97 Å². The van der Waals surface area contributed by atoms with Crippen LogP contribution >= 0.6 is 0 Å². The molecule has 1 N–H and O–H groups in total. The van der Waals surface area contributed by atoms with E-state index in [0.29, 0.717) is 0 Å². The zero-order chi connectivity index (χ0) is 13.1. The van der Waals surface area contributed by atoms with Gasteiger partial charge in [-0.25, -0.2) is 4.79 Å². The van der Waals surface area contributed by atoms with Crippen molar-refractivity contribution < 1.29 is 14.7 Å². The minimum absolute atomic E-state index is 0.364. The van der Waals surface area contributed by atoms with E-state index in [0.717, 1.165) is 29.5 Å². The van der Waals surface area contributed by atoms with Gasteiger partial charge in [0.05, 0.1) is 5.52 Å². The number of allylic oxidation sites excluding steroid dienone is 1. The Balaban J connectivity index is 2.40. The molecule has 4 nitrogen and oxygen atoms in total. The predicted molar refractivity (Wildman–Crippen MR) is 68.7 cm³/mol. The Kier molecular flexibility index (Phi) is 3.28. The molecule has 0 fully saturated rings. The SMILES string of the molecule is CCc1ccc2c(ccn2C(=O)/C=C/C(=O)O)c1. The second kappa shape index (κ2) is 4.87. The van der Waals surface area contributed by atoms with E-state index in [2.05, 4.69) is 6.92 Å². The summed E-state index contributed by atoms with van der Waals surface area (Å²) in [5.41, 5.74) is 1.99. The maximum absolute atomic E-state index is 11.8. The van der Waals surface area contributed by atoms with Crippen molar-refractivity contribution in [2.75, 3.05) is 0 Å². The number of carbonyl (C=O) groups excluding carboxylic acids is 1. The van der Waals surface area contributed by atoms with Crippen molar-refractivity contribution >= 4 is 22.8 Å². The molecule has 0 aliphatic carbocycles. The first-order valence-corrected chi connectivity index (χ1v) is 5.67. The van der Waals surface area contributed by atoms with Crippen molar-refractivity contribution in [3.8, 4) is 0 Å². The van der Waals surface area contributed by atoms with Gasteiger partial charge < -0.3 is 5.11 Å². The van der Waals surface area contributed by atoms with E-state index in [9.17, 15) is 9.59 Å². The van der Waals surface area contributed by atoms with Gasteiger partial charge in [0.15, 0.2) is 0 Å². The Morgan fingerprint density at radius 2 is 2.06 bits per heavy atom. The minimum Gasteiger partial charge on any atom is -0.478 e. The summed E-state index contributed by atoms with van der Waals surface area (Å²) in [5, 5.41) is 9.47. The van der Waals surface area contributed by atoms with Gasteiger partial charge in [-0.3, -0.25) is 9.36 Å². The number of benzene rings is 1. The molecule has 0 radical (unpaired) electrons. The Morgan fingerprint density at radius 3 is 2.72 bits per heavy atom. The summed E-state index contributed by atoms with van der Waals surface area (Å²) in [6.07, 6.45) is 4.48. The van der Waals surface area contributed by atoms with Gasteiger partial charge >= 0.3 is 5.97 Å². The van der Waals surface area contributed by atoms with Crippen LogP contribution in [0.1, 0.15) is 17.3 Å². The number of hydrogen-bond acceptors (Lipinski definition) is 2. The number of aryl methyl sites for hydroxylation is 1. The average molecular weight is 243 g/mol. The van der Waals surface area contributed by atoms with Gasteiger partial charge in [0.25, 0.3) is 5.91 Å².